The molecule has 0 radical (unpaired) electrons. The van der Waals surface area contributed by atoms with Crippen molar-refractivity contribution in [3.05, 3.63) is 64.7 Å². The average molecular weight is 319 g/mol. The van der Waals surface area contributed by atoms with Crippen molar-refractivity contribution in [1.82, 2.24) is 0 Å². The lowest BCUT2D eigenvalue weighted by Crippen LogP contribution is -2.15. The maximum Gasteiger partial charge on any atom is 0.342 e. The number of carbonyl (C=O) groups excluding carboxylic acids is 2. The first kappa shape index (κ1) is 16.0. The molecule has 0 bridgehead atoms. The van der Waals surface area contributed by atoms with E-state index in [1.165, 1.54) is 6.07 Å². The van der Waals surface area contributed by atoms with Gasteiger partial charge in [-0.2, -0.15) is 0 Å². The van der Waals surface area contributed by atoms with Gasteiger partial charge in [0.05, 0.1) is 6.61 Å². The minimum atomic E-state index is -0.598. The summed E-state index contributed by atoms with van der Waals surface area (Å²) in [4.78, 5) is 24.0. The molecule has 0 saturated heterocycles. The summed E-state index contributed by atoms with van der Waals surface area (Å²) in [6.45, 7) is 1.91. The lowest BCUT2D eigenvalue weighted by atomic mass is 10.1. The number of rotatable bonds is 6. The van der Waals surface area contributed by atoms with Gasteiger partial charge < -0.3 is 9.47 Å². The van der Waals surface area contributed by atoms with Gasteiger partial charge in [0, 0.05) is 10.6 Å². The van der Waals surface area contributed by atoms with Crippen molar-refractivity contribution >= 4 is 23.4 Å². The van der Waals surface area contributed by atoms with Crippen LogP contribution in [0.25, 0.3) is 0 Å². The van der Waals surface area contributed by atoms with Gasteiger partial charge in [0.25, 0.3) is 0 Å². The predicted octanol–water partition coefficient (Wildman–Crippen LogP) is 3.78. The number of hydrogen-bond acceptors (Lipinski definition) is 4. The van der Waals surface area contributed by atoms with Crippen LogP contribution >= 0.6 is 11.6 Å². The van der Waals surface area contributed by atoms with E-state index in [0.717, 1.165) is 0 Å². The first-order valence-corrected chi connectivity index (χ1v) is 7.17. The van der Waals surface area contributed by atoms with Crippen molar-refractivity contribution in [1.29, 1.82) is 0 Å². The van der Waals surface area contributed by atoms with Crippen molar-refractivity contribution in [2.45, 2.75) is 6.92 Å². The summed E-state index contributed by atoms with van der Waals surface area (Å²) in [5.74, 6) is -0.477. The third-order valence-electron chi connectivity index (χ3n) is 2.89. The molecule has 0 fully saturated rings. The normalized spacial score (nSPS) is 10.1. The maximum atomic E-state index is 12.1. The Bertz CT molecular complexity index is 682. The Hall–Kier alpha value is -2.33. The Labute approximate surface area is 133 Å². The van der Waals surface area contributed by atoms with Crippen LogP contribution in [0.2, 0.25) is 5.02 Å². The number of ether oxygens (including phenoxy) is 2. The van der Waals surface area contributed by atoms with Crippen LogP contribution in [0.15, 0.2) is 48.5 Å². The van der Waals surface area contributed by atoms with Crippen molar-refractivity contribution < 1.29 is 19.1 Å². The Morgan fingerprint density at radius 3 is 2.59 bits per heavy atom. The van der Waals surface area contributed by atoms with Crippen LogP contribution in [-0.4, -0.2) is 25.0 Å². The fourth-order valence-corrected chi connectivity index (χ4v) is 2.06. The molecule has 0 saturated carbocycles. The number of ketones is 1. The molecule has 22 heavy (non-hydrogen) atoms. The van der Waals surface area contributed by atoms with Crippen molar-refractivity contribution in [2.24, 2.45) is 0 Å². The van der Waals surface area contributed by atoms with Crippen LogP contribution in [-0.2, 0) is 4.74 Å². The van der Waals surface area contributed by atoms with Gasteiger partial charge >= 0.3 is 5.97 Å². The topological polar surface area (TPSA) is 52.6 Å². The van der Waals surface area contributed by atoms with E-state index in [-0.39, 0.29) is 12.4 Å². The molecule has 2 aromatic carbocycles. The number of Topliss-reactive ketones (excluding diaryl/α,β-unsaturated/α-hetero) is 1. The van der Waals surface area contributed by atoms with E-state index in [1.807, 2.05) is 6.92 Å². The molecule has 0 atom stereocenters. The van der Waals surface area contributed by atoms with Crippen LogP contribution in [0, 0.1) is 0 Å². The molecule has 0 aliphatic heterocycles. The molecule has 4 nitrogen and oxygen atoms in total. The molecular formula is C17H15ClO4. The number of benzene rings is 2. The summed E-state index contributed by atoms with van der Waals surface area (Å²) >= 11 is 5.83. The average Bonchev–Trinajstić information content (AvgIpc) is 2.53. The highest BCUT2D eigenvalue weighted by Gasteiger charge is 2.15. The number of esters is 1. The summed E-state index contributed by atoms with van der Waals surface area (Å²) in [5.41, 5.74) is 0.696. The first-order chi connectivity index (χ1) is 10.6. The predicted molar refractivity (Wildman–Crippen MR) is 83.7 cm³/mol. The van der Waals surface area contributed by atoms with Gasteiger partial charge in [-0.3, -0.25) is 4.79 Å². The Morgan fingerprint density at radius 2 is 1.86 bits per heavy atom. The van der Waals surface area contributed by atoms with Crippen LogP contribution in [0.3, 0.4) is 0 Å². The molecule has 0 N–H and O–H groups in total. The van der Waals surface area contributed by atoms with E-state index < -0.39 is 5.97 Å². The van der Waals surface area contributed by atoms with Gasteiger partial charge in [0.15, 0.2) is 12.4 Å². The van der Waals surface area contributed by atoms with E-state index in [1.54, 1.807) is 42.5 Å². The third-order valence-corrected chi connectivity index (χ3v) is 3.12. The second kappa shape index (κ2) is 7.61. The zero-order chi connectivity index (χ0) is 15.9. The van der Waals surface area contributed by atoms with Crippen molar-refractivity contribution in [3.8, 4) is 5.75 Å². The van der Waals surface area contributed by atoms with Gasteiger partial charge in [0.1, 0.15) is 11.3 Å². The Kier molecular flexibility index (Phi) is 5.55. The summed E-state index contributed by atoms with van der Waals surface area (Å²) in [6, 6.07) is 13.2. The van der Waals surface area contributed by atoms with Crippen LogP contribution in [0.1, 0.15) is 27.6 Å². The molecular weight excluding hydrogens is 304 g/mol. The molecule has 2 rings (SSSR count). The zero-order valence-electron chi connectivity index (χ0n) is 12.0. The molecule has 2 aromatic rings. The summed E-state index contributed by atoms with van der Waals surface area (Å²) in [7, 11) is 0. The second-order valence-electron chi connectivity index (χ2n) is 4.44. The highest BCUT2D eigenvalue weighted by atomic mass is 35.5. The zero-order valence-corrected chi connectivity index (χ0v) is 12.8. The molecule has 114 valence electrons. The minimum Gasteiger partial charge on any atom is -0.493 e. The number of carbonyl (C=O) groups is 2. The van der Waals surface area contributed by atoms with E-state index in [9.17, 15) is 9.59 Å². The highest BCUT2D eigenvalue weighted by Crippen LogP contribution is 2.19. The lowest BCUT2D eigenvalue weighted by molar-refractivity contribution is 0.0471. The van der Waals surface area contributed by atoms with Crippen molar-refractivity contribution in [2.75, 3.05) is 13.2 Å². The second-order valence-corrected chi connectivity index (χ2v) is 4.88. The largest absolute Gasteiger partial charge is 0.493 e. The van der Waals surface area contributed by atoms with E-state index in [0.29, 0.717) is 28.5 Å². The van der Waals surface area contributed by atoms with Crippen LogP contribution < -0.4 is 4.74 Å². The van der Waals surface area contributed by atoms with Gasteiger partial charge in [-0.25, -0.2) is 4.79 Å². The van der Waals surface area contributed by atoms with E-state index >= 15 is 0 Å². The number of para-hydroxylation sites is 1. The summed E-state index contributed by atoms with van der Waals surface area (Å²) in [5, 5.41) is 0.457. The quantitative estimate of drug-likeness (QED) is 0.601. The van der Waals surface area contributed by atoms with Crippen LogP contribution in [0.5, 0.6) is 5.75 Å². The Morgan fingerprint density at radius 1 is 1.09 bits per heavy atom. The Balaban J connectivity index is 2.02. The van der Waals surface area contributed by atoms with E-state index in [4.69, 9.17) is 21.1 Å². The van der Waals surface area contributed by atoms with Crippen molar-refractivity contribution in [3.63, 3.8) is 0 Å². The highest BCUT2D eigenvalue weighted by molar-refractivity contribution is 6.31. The third kappa shape index (κ3) is 4.09. The molecule has 0 spiro atoms. The smallest absolute Gasteiger partial charge is 0.342 e. The molecule has 0 aliphatic rings. The molecule has 5 heteroatoms. The van der Waals surface area contributed by atoms with Gasteiger partial charge in [-0.05, 0) is 31.2 Å². The number of halogens is 1. The SMILES string of the molecule is CCOc1ccccc1C(=O)OCC(=O)c1cccc(Cl)c1. The summed E-state index contributed by atoms with van der Waals surface area (Å²) in [6.07, 6.45) is 0. The standard InChI is InChI=1S/C17H15ClO4/c1-2-21-16-9-4-3-8-14(16)17(20)22-11-15(19)12-6-5-7-13(18)10-12/h3-10H,2,11H2,1H3. The van der Waals surface area contributed by atoms with Crippen LogP contribution in [0.4, 0.5) is 0 Å². The molecule has 0 aliphatic carbocycles. The number of hydrogen-bond donors (Lipinski definition) is 0. The maximum absolute atomic E-state index is 12.1. The summed E-state index contributed by atoms with van der Waals surface area (Å²) < 4.78 is 10.4. The van der Waals surface area contributed by atoms with Gasteiger partial charge in [0.2, 0.25) is 0 Å². The first-order valence-electron chi connectivity index (χ1n) is 6.79. The fraction of sp³-hybridized carbons (Fsp3) is 0.176. The molecule has 0 aromatic heterocycles. The monoisotopic (exact) mass is 318 g/mol. The van der Waals surface area contributed by atoms with Gasteiger partial charge in [-0.1, -0.05) is 35.9 Å². The fourth-order valence-electron chi connectivity index (χ4n) is 1.87. The lowest BCUT2D eigenvalue weighted by Gasteiger charge is -2.09. The van der Waals surface area contributed by atoms with E-state index in [2.05, 4.69) is 0 Å². The molecule has 0 heterocycles. The minimum absolute atomic E-state index is 0.295. The van der Waals surface area contributed by atoms with Gasteiger partial charge in [-0.15, -0.1) is 0 Å². The molecule has 0 amide bonds. The molecule has 0 unspecified atom stereocenters.